The third-order valence-electron chi connectivity index (χ3n) is 8.88. The Balaban J connectivity index is 1.51. The van der Waals surface area contributed by atoms with Crippen LogP contribution in [0, 0.1) is 28.6 Å². The molecule has 0 amide bonds. The molecular weight excluding hydrogens is 340 g/mol. The largest absolute Gasteiger partial charge is 0.458 e. The molecule has 0 aromatic carbocycles. The van der Waals surface area contributed by atoms with Crippen LogP contribution in [0.2, 0.25) is 0 Å². The summed E-state index contributed by atoms with van der Waals surface area (Å²) in [4.78, 5) is 23.5. The molecule has 6 atom stereocenters. The van der Waals surface area contributed by atoms with Crippen molar-refractivity contribution < 1.29 is 19.4 Å². The van der Waals surface area contributed by atoms with E-state index in [4.69, 9.17) is 4.74 Å². The molecule has 0 unspecified atom stereocenters. The molecule has 4 aliphatic carbocycles. The van der Waals surface area contributed by atoms with E-state index in [0.717, 1.165) is 44.1 Å². The number of allylic oxidation sites excluding steroid dienone is 4. The maximum atomic E-state index is 12.1. The van der Waals surface area contributed by atoms with Gasteiger partial charge in [0.05, 0.1) is 5.60 Å². The highest BCUT2D eigenvalue weighted by molar-refractivity contribution is 6.01. The summed E-state index contributed by atoms with van der Waals surface area (Å²) in [6.07, 6.45) is 12.9. The summed E-state index contributed by atoms with van der Waals surface area (Å²) in [6, 6.07) is 0. The minimum atomic E-state index is -0.711. The topological polar surface area (TPSA) is 63.6 Å². The first-order valence-electron chi connectivity index (χ1n) is 10.3. The molecule has 144 valence electrons. The Kier molecular flexibility index (Phi) is 3.51. The van der Waals surface area contributed by atoms with Crippen LogP contribution in [0.4, 0.5) is 0 Å². The van der Waals surface area contributed by atoms with Gasteiger partial charge in [-0.3, -0.25) is 4.79 Å². The molecule has 1 N–H and O–H groups in total. The SMILES string of the molecule is C[C@]12C=CC(=O)C=C1CC[C@@H]1[C@@H]2CC[C@]2(C)[C@@H](C3=CC(=O)OC3)CC[C@]12O. The number of carbonyl (C=O) groups is 2. The second kappa shape index (κ2) is 5.44. The molecule has 4 nitrogen and oxygen atoms in total. The molecule has 3 saturated carbocycles. The number of fused-ring (bicyclic) bond motifs is 5. The van der Waals surface area contributed by atoms with Crippen molar-refractivity contribution in [2.75, 3.05) is 6.61 Å². The fourth-order valence-corrected chi connectivity index (χ4v) is 7.35. The number of carbonyl (C=O) groups excluding carboxylic acids is 2. The summed E-state index contributed by atoms with van der Waals surface area (Å²) in [5, 5.41) is 12.1. The van der Waals surface area contributed by atoms with E-state index in [1.54, 1.807) is 12.2 Å². The van der Waals surface area contributed by atoms with E-state index in [1.807, 2.05) is 6.08 Å². The maximum absolute atomic E-state index is 12.1. The minimum absolute atomic E-state index is 0.0963. The van der Waals surface area contributed by atoms with Crippen molar-refractivity contribution in [2.45, 2.75) is 58.0 Å². The number of cyclic esters (lactones) is 1. The number of ketones is 1. The van der Waals surface area contributed by atoms with Crippen LogP contribution >= 0.6 is 0 Å². The van der Waals surface area contributed by atoms with Crippen molar-refractivity contribution in [3.8, 4) is 0 Å². The van der Waals surface area contributed by atoms with Gasteiger partial charge in [0.1, 0.15) is 6.61 Å². The number of rotatable bonds is 1. The van der Waals surface area contributed by atoms with Gasteiger partial charge in [0, 0.05) is 16.9 Å². The molecule has 3 fully saturated rings. The molecule has 0 spiro atoms. The highest BCUT2D eigenvalue weighted by atomic mass is 16.5. The van der Waals surface area contributed by atoms with E-state index < -0.39 is 5.60 Å². The molecule has 0 bridgehead atoms. The Morgan fingerprint density at radius 2 is 1.89 bits per heavy atom. The number of esters is 1. The lowest BCUT2D eigenvalue weighted by molar-refractivity contribution is -0.175. The Bertz CT molecular complexity index is 820. The fraction of sp³-hybridized carbons (Fsp3) is 0.652. The predicted octanol–water partition coefficient (Wildman–Crippen LogP) is 3.51. The van der Waals surface area contributed by atoms with Crippen molar-refractivity contribution in [1.29, 1.82) is 0 Å². The van der Waals surface area contributed by atoms with Gasteiger partial charge in [-0.2, -0.15) is 0 Å². The van der Waals surface area contributed by atoms with Crippen LogP contribution in [0.1, 0.15) is 52.4 Å². The first kappa shape index (κ1) is 17.4. The third kappa shape index (κ3) is 2.14. The van der Waals surface area contributed by atoms with Gasteiger partial charge in [0.25, 0.3) is 0 Å². The van der Waals surface area contributed by atoms with Gasteiger partial charge < -0.3 is 9.84 Å². The summed E-state index contributed by atoms with van der Waals surface area (Å²) in [5.74, 6) is 0.686. The molecule has 5 aliphatic rings. The third-order valence-corrected chi connectivity index (χ3v) is 8.88. The van der Waals surface area contributed by atoms with Gasteiger partial charge in [0.15, 0.2) is 5.78 Å². The van der Waals surface area contributed by atoms with Gasteiger partial charge in [-0.1, -0.05) is 25.5 Å². The highest BCUT2D eigenvalue weighted by Gasteiger charge is 2.66. The lowest BCUT2D eigenvalue weighted by atomic mass is 9.46. The van der Waals surface area contributed by atoms with E-state index in [2.05, 4.69) is 19.9 Å². The molecule has 1 aliphatic heterocycles. The fourth-order valence-electron chi connectivity index (χ4n) is 7.35. The average molecular weight is 368 g/mol. The summed E-state index contributed by atoms with van der Waals surface area (Å²) in [6.45, 7) is 4.88. The molecule has 0 aromatic heterocycles. The summed E-state index contributed by atoms with van der Waals surface area (Å²) in [7, 11) is 0. The Morgan fingerprint density at radius 3 is 2.63 bits per heavy atom. The molecule has 4 heteroatoms. The molecule has 0 aromatic rings. The normalized spacial score (nSPS) is 48.3. The van der Waals surface area contributed by atoms with Gasteiger partial charge in [-0.15, -0.1) is 0 Å². The Hall–Kier alpha value is -1.68. The van der Waals surface area contributed by atoms with E-state index in [-0.39, 0.29) is 34.4 Å². The minimum Gasteiger partial charge on any atom is -0.458 e. The van der Waals surface area contributed by atoms with E-state index in [9.17, 15) is 14.7 Å². The van der Waals surface area contributed by atoms with Crippen LogP contribution < -0.4 is 0 Å². The van der Waals surface area contributed by atoms with Crippen molar-refractivity contribution in [1.82, 2.24) is 0 Å². The van der Waals surface area contributed by atoms with Crippen molar-refractivity contribution in [3.05, 3.63) is 35.5 Å². The quantitative estimate of drug-likeness (QED) is 0.720. The highest BCUT2D eigenvalue weighted by Crippen LogP contribution is 2.68. The first-order valence-corrected chi connectivity index (χ1v) is 10.3. The molecule has 27 heavy (non-hydrogen) atoms. The van der Waals surface area contributed by atoms with Crippen LogP contribution in [0.25, 0.3) is 0 Å². The molecule has 5 rings (SSSR count). The monoisotopic (exact) mass is 368 g/mol. The van der Waals surface area contributed by atoms with Crippen molar-refractivity contribution >= 4 is 11.8 Å². The molecule has 1 heterocycles. The van der Waals surface area contributed by atoms with Crippen LogP contribution in [0.5, 0.6) is 0 Å². The maximum Gasteiger partial charge on any atom is 0.331 e. The van der Waals surface area contributed by atoms with Crippen LogP contribution in [0.3, 0.4) is 0 Å². The predicted molar refractivity (Wildman–Crippen MR) is 101 cm³/mol. The van der Waals surface area contributed by atoms with E-state index >= 15 is 0 Å². The van der Waals surface area contributed by atoms with Crippen molar-refractivity contribution in [2.24, 2.45) is 28.6 Å². The van der Waals surface area contributed by atoms with Crippen LogP contribution in [0.15, 0.2) is 35.5 Å². The Labute approximate surface area is 160 Å². The standard InChI is InChI=1S/C23H28O4/c1-21-8-5-16(24)12-15(21)3-4-19-18(21)6-9-22(2)17(7-10-23(19,22)26)14-11-20(25)27-13-14/h5,8,11-12,17-19,26H,3-4,6-7,9-10,13H2,1-2H3/t17-,18+,19-,21+,22-,23+/m1/s1. The summed E-state index contributed by atoms with van der Waals surface area (Å²) < 4.78 is 5.18. The second-order valence-electron chi connectivity index (χ2n) is 9.74. The molecular formula is C23H28O4. The zero-order valence-corrected chi connectivity index (χ0v) is 16.2. The lowest BCUT2D eigenvalue weighted by Crippen LogP contribution is -2.60. The van der Waals surface area contributed by atoms with Crippen LogP contribution in [-0.2, 0) is 14.3 Å². The average Bonchev–Trinajstić information content (AvgIpc) is 3.16. The summed E-state index contributed by atoms with van der Waals surface area (Å²) >= 11 is 0. The van der Waals surface area contributed by atoms with Gasteiger partial charge >= 0.3 is 5.97 Å². The number of ether oxygens (including phenoxy) is 1. The van der Waals surface area contributed by atoms with Crippen molar-refractivity contribution in [3.63, 3.8) is 0 Å². The number of hydrogen-bond acceptors (Lipinski definition) is 4. The zero-order chi connectivity index (χ0) is 19.0. The number of hydrogen-bond donors (Lipinski definition) is 1. The van der Waals surface area contributed by atoms with E-state index in [0.29, 0.717) is 12.5 Å². The lowest BCUT2D eigenvalue weighted by Gasteiger charge is -2.60. The summed E-state index contributed by atoms with van der Waals surface area (Å²) in [5.41, 5.74) is 1.28. The van der Waals surface area contributed by atoms with Gasteiger partial charge in [0.2, 0.25) is 0 Å². The Morgan fingerprint density at radius 1 is 1.07 bits per heavy atom. The van der Waals surface area contributed by atoms with Gasteiger partial charge in [-0.25, -0.2) is 4.79 Å². The smallest absolute Gasteiger partial charge is 0.331 e. The van der Waals surface area contributed by atoms with Gasteiger partial charge in [-0.05, 0) is 74.0 Å². The first-order chi connectivity index (χ1) is 12.8. The number of aliphatic hydroxyl groups is 1. The zero-order valence-electron chi connectivity index (χ0n) is 16.2. The second-order valence-corrected chi connectivity index (χ2v) is 9.74. The van der Waals surface area contributed by atoms with Crippen LogP contribution in [-0.4, -0.2) is 29.1 Å². The molecule has 0 radical (unpaired) electrons. The van der Waals surface area contributed by atoms with E-state index in [1.165, 1.54) is 5.57 Å². The molecule has 0 saturated heterocycles.